The van der Waals surface area contributed by atoms with E-state index in [-0.39, 0.29) is 17.5 Å². The van der Waals surface area contributed by atoms with Gasteiger partial charge in [-0.2, -0.15) is 5.10 Å². The van der Waals surface area contributed by atoms with Crippen LogP contribution in [0.3, 0.4) is 0 Å². The molecule has 0 saturated carbocycles. The van der Waals surface area contributed by atoms with Crippen molar-refractivity contribution in [2.24, 2.45) is 0 Å². The summed E-state index contributed by atoms with van der Waals surface area (Å²) in [5.74, 6) is 0.316. The Morgan fingerprint density at radius 3 is 2.61 bits per heavy atom. The number of rotatable bonds is 3. The molecule has 2 N–H and O–H groups in total. The molecule has 5 nitrogen and oxygen atoms in total. The molecular weight excluding hydrogens is 417 g/mol. The number of fused-ring (bicyclic) bond motifs is 2. The monoisotopic (exact) mass is 441 g/mol. The number of nitrogens with zero attached hydrogens (tertiary/aromatic N) is 2. The van der Waals surface area contributed by atoms with E-state index in [1.54, 1.807) is 6.07 Å². The van der Waals surface area contributed by atoms with E-state index in [1.165, 1.54) is 17.8 Å². The van der Waals surface area contributed by atoms with Crippen LogP contribution in [0.5, 0.6) is 5.75 Å². The largest absolute Gasteiger partial charge is 0.508 e. The minimum atomic E-state index is -0.255. The van der Waals surface area contributed by atoms with Crippen LogP contribution in [0.1, 0.15) is 30.0 Å². The Hall–Kier alpha value is -3.64. The molecule has 1 saturated heterocycles. The second-order valence-electron chi connectivity index (χ2n) is 8.79. The summed E-state index contributed by atoms with van der Waals surface area (Å²) in [6.07, 6.45) is 3.66. The number of hydrogen-bond donors (Lipinski definition) is 2. The Bertz CT molecular complexity index is 1480. The molecule has 0 spiro atoms. The Morgan fingerprint density at radius 1 is 1.06 bits per heavy atom. The lowest BCUT2D eigenvalue weighted by Gasteiger charge is -2.26. The molecule has 33 heavy (non-hydrogen) atoms. The maximum Gasteiger partial charge on any atom is 0.123 e. The van der Waals surface area contributed by atoms with Crippen LogP contribution >= 0.6 is 0 Å². The van der Waals surface area contributed by atoms with Gasteiger partial charge in [0, 0.05) is 46.8 Å². The molecule has 3 heterocycles. The minimum Gasteiger partial charge on any atom is -0.508 e. The lowest BCUT2D eigenvalue weighted by Crippen LogP contribution is -2.17. The quantitative estimate of drug-likeness (QED) is 0.349. The summed E-state index contributed by atoms with van der Waals surface area (Å²) in [5.41, 5.74) is 7.16. The zero-order valence-corrected chi connectivity index (χ0v) is 18.3. The lowest BCUT2D eigenvalue weighted by molar-refractivity contribution is 0.0844. The van der Waals surface area contributed by atoms with Gasteiger partial charge in [-0.05, 0) is 79.4 Å². The summed E-state index contributed by atoms with van der Waals surface area (Å²) >= 11 is 0. The van der Waals surface area contributed by atoms with Crippen molar-refractivity contribution in [3.05, 3.63) is 77.9 Å². The maximum atomic E-state index is 13.8. The van der Waals surface area contributed by atoms with Gasteiger partial charge in [0.25, 0.3) is 0 Å². The SMILES string of the molecule is Cc1cc(-c2c(C3CCOCC3)n(-c3ccc(F)cc3)c3cc4cn[nH]c4cc23)ccc1O. The molecule has 6 heteroatoms. The second kappa shape index (κ2) is 7.74. The van der Waals surface area contributed by atoms with Crippen molar-refractivity contribution >= 4 is 21.8 Å². The number of aromatic amines is 1. The van der Waals surface area contributed by atoms with Gasteiger partial charge in [-0.1, -0.05) is 6.07 Å². The van der Waals surface area contributed by atoms with E-state index in [2.05, 4.69) is 26.9 Å². The van der Waals surface area contributed by atoms with Crippen LogP contribution in [0, 0.1) is 12.7 Å². The normalized spacial score (nSPS) is 15.0. The summed E-state index contributed by atoms with van der Waals surface area (Å²) in [4.78, 5) is 0. The lowest BCUT2D eigenvalue weighted by atomic mass is 9.89. The number of hydrogen-bond acceptors (Lipinski definition) is 3. The van der Waals surface area contributed by atoms with E-state index in [0.717, 1.165) is 57.0 Å². The standard InChI is InChI=1S/C27H24FN3O2/c1-16-12-18(2-7-25(16)32)26-22-14-23-19(15-29-30-23)13-24(22)31(21-5-3-20(28)4-6-21)27(26)17-8-10-33-11-9-17/h2-7,12-15,17,32H,8-11H2,1H3,(H,29,30). The van der Waals surface area contributed by atoms with Crippen LogP contribution in [0.4, 0.5) is 4.39 Å². The molecular formula is C27H24FN3O2. The molecule has 6 rings (SSSR count). The molecule has 0 unspecified atom stereocenters. The topological polar surface area (TPSA) is 63.1 Å². The third-order valence-corrected chi connectivity index (χ3v) is 6.74. The summed E-state index contributed by atoms with van der Waals surface area (Å²) in [6.45, 7) is 3.35. The fourth-order valence-corrected chi connectivity index (χ4v) is 5.08. The number of phenols is 1. The third-order valence-electron chi connectivity index (χ3n) is 6.74. The van der Waals surface area contributed by atoms with Crippen molar-refractivity contribution in [2.75, 3.05) is 13.2 Å². The summed E-state index contributed by atoms with van der Waals surface area (Å²) in [5, 5.41) is 19.6. The summed E-state index contributed by atoms with van der Waals surface area (Å²) < 4.78 is 21.8. The Balaban J connectivity index is 1.75. The van der Waals surface area contributed by atoms with Gasteiger partial charge in [-0.15, -0.1) is 0 Å². The second-order valence-corrected chi connectivity index (χ2v) is 8.79. The van der Waals surface area contributed by atoms with E-state index < -0.39 is 0 Å². The van der Waals surface area contributed by atoms with Gasteiger partial charge in [0.2, 0.25) is 0 Å². The highest BCUT2D eigenvalue weighted by Crippen LogP contribution is 2.45. The highest BCUT2D eigenvalue weighted by molar-refractivity contribution is 6.05. The number of benzene rings is 3. The van der Waals surface area contributed by atoms with Crippen LogP contribution in [0.15, 0.2) is 60.8 Å². The van der Waals surface area contributed by atoms with Crippen LogP contribution in [-0.4, -0.2) is 33.1 Å². The van der Waals surface area contributed by atoms with Crippen LogP contribution in [0.2, 0.25) is 0 Å². The summed E-state index contributed by atoms with van der Waals surface area (Å²) in [6, 6.07) is 16.8. The van der Waals surface area contributed by atoms with Gasteiger partial charge >= 0.3 is 0 Å². The first-order valence-electron chi connectivity index (χ1n) is 11.3. The van der Waals surface area contributed by atoms with Crippen molar-refractivity contribution < 1.29 is 14.2 Å². The Kier molecular flexibility index (Phi) is 4.69. The van der Waals surface area contributed by atoms with E-state index >= 15 is 0 Å². The molecule has 0 atom stereocenters. The Morgan fingerprint density at radius 2 is 1.85 bits per heavy atom. The Labute approximate surface area is 190 Å². The first-order valence-corrected chi connectivity index (χ1v) is 11.3. The zero-order chi connectivity index (χ0) is 22.5. The van der Waals surface area contributed by atoms with Gasteiger partial charge < -0.3 is 14.4 Å². The number of ether oxygens (including phenoxy) is 1. The first kappa shape index (κ1) is 20.0. The third kappa shape index (κ3) is 3.29. The molecule has 0 bridgehead atoms. The number of nitrogens with one attached hydrogen (secondary N) is 1. The smallest absolute Gasteiger partial charge is 0.123 e. The molecule has 166 valence electrons. The van der Waals surface area contributed by atoms with Crippen LogP contribution in [-0.2, 0) is 4.74 Å². The number of aryl methyl sites for hydroxylation is 1. The number of phenolic OH excluding ortho intramolecular Hbond substituents is 1. The van der Waals surface area contributed by atoms with Gasteiger partial charge in [0.1, 0.15) is 11.6 Å². The van der Waals surface area contributed by atoms with Crippen LogP contribution in [0.25, 0.3) is 38.6 Å². The van der Waals surface area contributed by atoms with Crippen molar-refractivity contribution in [1.82, 2.24) is 14.8 Å². The summed E-state index contributed by atoms with van der Waals surface area (Å²) in [7, 11) is 0. The number of aromatic nitrogens is 3. The van der Waals surface area contributed by atoms with E-state index in [4.69, 9.17) is 4.74 Å². The fraction of sp³-hybridized carbons (Fsp3) is 0.222. The van der Waals surface area contributed by atoms with Gasteiger partial charge in [-0.25, -0.2) is 4.39 Å². The van der Waals surface area contributed by atoms with E-state index in [9.17, 15) is 9.50 Å². The molecule has 1 aliphatic rings. The molecule has 5 aromatic rings. The van der Waals surface area contributed by atoms with Crippen molar-refractivity contribution in [3.8, 4) is 22.6 Å². The highest BCUT2D eigenvalue weighted by atomic mass is 19.1. The van der Waals surface area contributed by atoms with E-state index in [1.807, 2.05) is 37.4 Å². The van der Waals surface area contributed by atoms with Gasteiger partial charge in [0.15, 0.2) is 0 Å². The average molecular weight is 442 g/mol. The van der Waals surface area contributed by atoms with Gasteiger partial charge in [-0.3, -0.25) is 5.10 Å². The molecule has 0 amide bonds. The predicted octanol–water partition coefficient (Wildman–Crippen LogP) is 6.22. The minimum absolute atomic E-state index is 0.255. The molecule has 0 radical (unpaired) electrons. The van der Waals surface area contributed by atoms with Crippen molar-refractivity contribution in [2.45, 2.75) is 25.7 Å². The number of H-pyrrole nitrogens is 1. The predicted molar refractivity (Wildman–Crippen MR) is 128 cm³/mol. The average Bonchev–Trinajstić information content (AvgIpc) is 3.42. The van der Waals surface area contributed by atoms with Crippen LogP contribution < -0.4 is 0 Å². The van der Waals surface area contributed by atoms with Crippen molar-refractivity contribution in [3.63, 3.8) is 0 Å². The molecule has 1 fully saturated rings. The molecule has 2 aromatic heterocycles. The fourth-order valence-electron chi connectivity index (χ4n) is 5.08. The number of halogens is 1. The number of aromatic hydroxyl groups is 1. The molecule has 3 aromatic carbocycles. The van der Waals surface area contributed by atoms with Crippen molar-refractivity contribution in [1.29, 1.82) is 0 Å². The molecule has 0 aliphatic carbocycles. The van der Waals surface area contributed by atoms with Gasteiger partial charge in [0.05, 0.1) is 17.2 Å². The maximum absolute atomic E-state index is 13.8. The first-order chi connectivity index (χ1) is 16.1. The zero-order valence-electron chi connectivity index (χ0n) is 18.3. The molecule has 1 aliphatic heterocycles. The van der Waals surface area contributed by atoms with E-state index in [0.29, 0.717) is 13.2 Å². The highest BCUT2D eigenvalue weighted by Gasteiger charge is 2.28.